The van der Waals surface area contributed by atoms with E-state index in [1.807, 2.05) is 0 Å². The van der Waals surface area contributed by atoms with Crippen LogP contribution in [0.15, 0.2) is 78.7 Å². The molecule has 0 bridgehead atoms. The lowest BCUT2D eigenvalue weighted by molar-refractivity contribution is 0.102. The minimum Gasteiger partial charge on any atom is -0.322 e. The third kappa shape index (κ3) is 4.65. The minimum atomic E-state index is -3.71. The summed E-state index contributed by atoms with van der Waals surface area (Å²) in [6, 6.07) is 10.9. The zero-order chi connectivity index (χ0) is 19.2. The maximum Gasteiger partial charge on any atom is 0.255 e. The molecule has 0 saturated carbocycles. The van der Waals surface area contributed by atoms with Crippen molar-refractivity contribution >= 4 is 21.6 Å². The molecule has 0 atom stereocenters. The highest BCUT2D eigenvalue weighted by atomic mass is 32.2. The monoisotopic (exact) mass is 374 g/mol. The SMILES string of the molecule is C=CCN(CC=C)S(=O)(=O)c1ccc(C(=O)Nc2ccc(F)cc2)cc1. The molecular weight excluding hydrogens is 355 g/mol. The lowest BCUT2D eigenvalue weighted by Crippen LogP contribution is -2.31. The second kappa shape index (κ2) is 8.55. The van der Waals surface area contributed by atoms with Gasteiger partial charge in [-0.2, -0.15) is 4.31 Å². The van der Waals surface area contributed by atoms with Crippen molar-refractivity contribution in [1.29, 1.82) is 0 Å². The quantitative estimate of drug-likeness (QED) is 0.720. The van der Waals surface area contributed by atoms with Gasteiger partial charge in [0.1, 0.15) is 5.82 Å². The van der Waals surface area contributed by atoms with Gasteiger partial charge >= 0.3 is 0 Å². The predicted octanol–water partition coefficient (Wildman–Crippen LogP) is 3.44. The summed E-state index contributed by atoms with van der Waals surface area (Å²) in [6.07, 6.45) is 2.98. The first kappa shape index (κ1) is 19.6. The Morgan fingerprint density at radius 2 is 1.54 bits per heavy atom. The molecule has 0 aromatic heterocycles. The molecule has 0 saturated heterocycles. The second-order valence-corrected chi connectivity index (χ2v) is 7.32. The number of carbonyl (C=O) groups is 1. The molecule has 136 valence electrons. The van der Waals surface area contributed by atoms with Crippen LogP contribution in [0, 0.1) is 5.82 Å². The summed E-state index contributed by atoms with van der Waals surface area (Å²) in [7, 11) is -3.71. The summed E-state index contributed by atoms with van der Waals surface area (Å²) in [5.74, 6) is -0.823. The topological polar surface area (TPSA) is 66.5 Å². The van der Waals surface area contributed by atoms with Gasteiger partial charge in [-0.15, -0.1) is 13.2 Å². The van der Waals surface area contributed by atoms with E-state index in [2.05, 4.69) is 18.5 Å². The molecule has 0 fully saturated rings. The van der Waals surface area contributed by atoms with Gasteiger partial charge in [-0.1, -0.05) is 12.2 Å². The third-order valence-electron chi connectivity index (χ3n) is 3.52. The number of nitrogens with zero attached hydrogens (tertiary/aromatic N) is 1. The van der Waals surface area contributed by atoms with Gasteiger partial charge in [0, 0.05) is 24.3 Å². The first-order valence-corrected chi connectivity index (χ1v) is 9.21. The molecule has 1 N–H and O–H groups in total. The Morgan fingerprint density at radius 1 is 1.00 bits per heavy atom. The Morgan fingerprint density at radius 3 is 2.04 bits per heavy atom. The lowest BCUT2D eigenvalue weighted by atomic mass is 10.2. The molecule has 7 heteroatoms. The van der Waals surface area contributed by atoms with Crippen LogP contribution in [-0.2, 0) is 10.0 Å². The van der Waals surface area contributed by atoms with Crippen molar-refractivity contribution in [2.45, 2.75) is 4.90 Å². The van der Waals surface area contributed by atoms with E-state index in [0.717, 1.165) is 0 Å². The lowest BCUT2D eigenvalue weighted by Gasteiger charge is -2.19. The van der Waals surface area contributed by atoms with Crippen LogP contribution in [0.25, 0.3) is 0 Å². The van der Waals surface area contributed by atoms with E-state index in [1.54, 1.807) is 0 Å². The Hall–Kier alpha value is -2.77. The van der Waals surface area contributed by atoms with Crippen molar-refractivity contribution < 1.29 is 17.6 Å². The minimum absolute atomic E-state index is 0.0690. The zero-order valence-corrected chi connectivity index (χ0v) is 14.9. The molecule has 0 heterocycles. The number of benzene rings is 2. The summed E-state index contributed by atoms with van der Waals surface area (Å²) in [5, 5.41) is 2.62. The summed E-state index contributed by atoms with van der Waals surface area (Å²) < 4.78 is 39.3. The zero-order valence-electron chi connectivity index (χ0n) is 14.1. The van der Waals surface area contributed by atoms with Crippen molar-refractivity contribution in [2.24, 2.45) is 0 Å². The maximum atomic E-state index is 12.9. The molecule has 0 spiro atoms. The van der Waals surface area contributed by atoms with E-state index in [-0.39, 0.29) is 23.5 Å². The average molecular weight is 374 g/mol. The van der Waals surface area contributed by atoms with Crippen molar-refractivity contribution in [3.63, 3.8) is 0 Å². The van der Waals surface area contributed by atoms with Crippen molar-refractivity contribution in [1.82, 2.24) is 4.31 Å². The standard InChI is InChI=1S/C19H19FN2O3S/c1-3-13-22(14-4-2)26(24,25)18-11-5-15(6-12-18)19(23)21-17-9-7-16(20)8-10-17/h3-12H,1-2,13-14H2,(H,21,23). The first-order chi connectivity index (χ1) is 12.4. The summed E-state index contributed by atoms with van der Waals surface area (Å²) in [4.78, 5) is 12.3. The molecule has 0 aliphatic heterocycles. The maximum absolute atomic E-state index is 12.9. The molecule has 5 nitrogen and oxygen atoms in total. The highest BCUT2D eigenvalue weighted by molar-refractivity contribution is 7.89. The molecule has 2 aromatic carbocycles. The molecule has 2 aromatic rings. The Kier molecular flexibility index (Phi) is 6.43. The number of carbonyl (C=O) groups excluding carboxylic acids is 1. The van der Waals surface area contributed by atoms with Gasteiger partial charge in [0.2, 0.25) is 10.0 Å². The van der Waals surface area contributed by atoms with Crippen LogP contribution >= 0.6 is 0 Å². The second-order valence-electron chi connectivity index (χ2n) is 5.38. The number of nitrogens with one attached hydrogen (secondary N) is 1. The average Bonchev–Trinajstić information content (AvgIpc) is 2.63. The van der Waals surface area contributed by atoms with Gasteiger partial charge in [0.15, 0.2) is 0 Å². The molecule has 0 radical (unpaired) electrons. The van der Waals surface area contributed by atoms with Gasteiger partial charge in [-0.05, 0) is 48.5 Å². The highest BCUT2D eigenvalue weighted by Crippen LogP contribution is 2.17. The van der Waals surface area contributed by atoms with Crippen LogP contribution < -0.4 is 5.32 Å². The Bertz CT molecular complexity index is 881. The van der Waals surface area contributed by atoms with Crippen molar-refractivity contribution in [3.05, 3.63) is 85.2 Å². The first-order valence-electron chi connectivity index (χ1n) is 7.77. The fraction of sp³-hybridized carbons (Fsp3) is 0.105. The van der Waals surface area contributed by atoms with Crippen LogP contribution in [0.1, 0.15) is 10.4 Å². The molecular formula is C19H19FN2O3S. The number of amides is 1. The summed E-state index contributed by atoms with van der Waals surface area (Å²) >= 11 is 0. The number of sulfonamides is 1. The van der Waals surface area contributed by atoms with Gasteiger partial charge in [-0.25, -0.2) is 12.8 Å². The molecule has 1 amide bonds. The molecule has 0 aliphatic rings. The van der Waals surface area contributed by atoms with E-state index in [4.69, 9.17) is 0 Å². The predicted molar refractivity (Wildman–Crippen MR) is 99.9 cm³/mol. The number of hydrogen-bond acceptors (Lipinski definition) is 3. The van der Waals surface area contributed by atoms with E-state index in [0.29, 0.717) is 5.69 Å². The number of hydrogen-bond donors (Lipinski definition) is 1. The molecule has 26 heavy (non-hydrogen) atoms. The van der Waals surface area contributed by atoms with Crippen LogP contribution in [0.4, 0.5) is 10.1 Å². The van der Waals surface area contributed by atoms with Crippen molar-refractivity contribution in [3.8, 4) is 0 Å². The van der Waals surface area contributed by atoms with Gasteiger partial charge in [-0.3, -0.25) is 4.79 Å². The fourth-order valence-corrected chi connectivity index (χ4v) is 3.60. The smallest absolute Gasteiger partial charge is 0.255 e. The van der Waals surface area contributed by atoms with Crippen molar-refractivity contribution in [2.75, 3.05) is 18.4 Å². The van der Waals surface area contributed by atoms with E-state index in [1.165, 1.54) is 65.0 Å². The third-order valence-corrected chi connectivity index (χ3v) is 5.37. The van der Waals surface area contributed by atoms with E-state index in [9.17, 15) is 17.6 Å². The van der Waals surface area contributed by atoms with Crippen LogP contribution in [-0.4, -0.2) is 31.7 Å². The van der Waals surface area contributed by atoms with Gasteiger partial charge < -0.3 is 5.32 Å². The number of halogens is 1. The number of rotatable bonds is 8. The summed E-state index contributed by atoms with van der Waals surface area (Å²) in [5.41, 5.74) is 0.725. The van der Waals surface area contributed by atoms with Crippen LogP contribution in [0.3, 0.4) is 0 Å². The molecule has 0 unspecified atom stereocenters. The van der Waals surface area contributed by atoms with E-state index >= 15 is 0 Å². The van der Waals surface area contributed by atoms with Gasteiger partial charge in [0.05, 0.1) is 4.90 Å². The van der Waals surface area contributed by atoms with Crippen LogP contribution in [0.2, 0.25) is 0 Å². The fourth-order valence-electron chi connectivity index (χ4n) is 2.22. The normalized spacial score (nSPS) is 11.2. The molecule has 0 aliphatic carbocycles. The van der Waals surface area contributed by atoms with Crippen LogP contribution in [0.5, 0.6) is 0 Å². The summed E-state index contributed by atoms with van der Waals surface area (Å²) in [6.45, 7) is 7.42. The largest absolute Gasteiger partial charge is 0.322 e. The highest BCUT2D eigenvalue weighted by Gasteiger charge is 2.22. The number of anilines is 1. The van der Waals surface area contributed by atoms with E-state index < -0.39 is 21.7 Å². The Balaban J connectivity index is 2.18. The Labute approximate surface area is 152 Å². The van der Waals surface area contributed by atoms with Gasteiger partial charge in [0.25, 0.3) is 5.91 Å². The molecule has 2 rings (SSSR count).